The van der Waals surface area contributed by atoms with Crippen LogP contribution in [0.3, 0.4) is 0 Å². The fourth-order valence-electron chi connectivity index (χ4n) is 3.20. The Morgan fingerprint density at radius 1 is 1.03 bits per heavy atom. The molecule has 0 bridgehead atoms. The number of carbonyl (C=O) groups excluding carboxylic acids is 1. The summed E-state index contributed by atoms with van der Waals surface area (Å²) in [6, 6.07) is 19.4. The number of non-ortho nitro benzene ring substituents is 1. The Morgan fingerprint density at radius 3 is 2.40 bits per heavy atom. The number of nitro groups is 1. The number of aromatic nitrogens is 1. The molecule has 0 aliphatic rings. The average Bonchev–Trinajstić information content (AvgIpc) is 3.20. The molecule has 0 spiro atoms. The van der Waals surface area contributed by atoms with Gasteiger partial charge in [-0.1, -0.05) is 47.7 Å². The number of rotatable bonds is 5. The Morgan fingerprint density at radius 2 is 1.73 bits per heavy atom. The number of benzene rings is 3. The first-order chi connectivity index (χ1) is 14.4. The van der Waals surface area contributed by atoms with Gasteiger partial charge >= 0.3 is 0 Å². The Kier molecular flexibility index (Phi) is 5.29. The zero-order valence-electron chi connectivity index (χ0n) is 16.5. The van der Waals surface area contributed by atoms with E-state index < -0.39 is 4.92 Å². The van der Waals surface area contributed by atoms with Crippen molar-refractivity contribution in [1.29, 1.82) is 0 Å². The van der Waals surface area contributed by atoms with Gasteiger partial charge in [0.2, 0.25) is 0 Å². The highest BCUT2D eigenvalue weighted by atomic mass is 32.1. The molecule has 0 radical (unpaired) electrons. The molecule has 4 rings (SSSR count). The van der Waals surface area contributed by atoms with E-state index >= 15 is 0 Å². The third-order valence-corrected chi connectivity index (χ3v) is 6.10. The molecular formula is C23H19N3O3S. The normalized spacial score (nSPS) is 10.9. The summed E-state index contributed by atoms with van der Waals surface area (Å²) in [5.74, 6) is -0.248. The van der Waals surface area contributed by atoms with Gasteiger partial charge in [-0.25, -0.2) is 4.98 Å². The van der Waals surface area contributed by atoms with Gasteiger partial charge in [-0.2, -0.15) is 0 Å². The highest BCUT2D eigenvalue weighted by molar-refractivity contribution is 7.22. The molecule has 30 heavy (non-hydrogen) atoms. The van der Waals surface area contributed by atoms with Gasteiger partial charge in [-0.3, -0.25) is 19.8 Å². The van der Waals surface area contributed by atoms with Crippen molar-refractivity contribution in [2.75, 3.05) is 4.90 Å². The van der Waals surface area contributed by atoms with Gasteiger partial charge < -0.3 is 0 Å². The topological polar surface area (TPSA) is 76.3 Å². The van der Waals surface area contributed by atoms with Crippen LogP contribution in [0.1, 0.15) is 27.0 Å². The summed E-state index contributed by atoms with van der Waals surface area (Å²) in [6.07, 6.45) is 0. The summed E-state index contributed by atoms with van der Waals surface area (Å²) in [4.78, 5) is 30.3. The summed E-state index contributed by atoms with van der Waals surface area (Å²) in [5.41, 5.74) is 4.44. The molecule has 0 aliphatic carbocycles. The number of nitro benzene ring substituents is 1. The first kappa shape index (κ1) is 19.7. The van der Waals surface area contributed by atoms with Gasteiger partial charge in [0.05, 0.1) is 21.7 Å². The van der Waals surface area contributed by atoms with Crippen LogP contribution in [-0.2, 0) is 6.54 Å². The molecule has 0 atom stereocenters. The minimum atomic E-state index is -0.478. The van der Waals surface area contributed by atoms with E-state index in [0.29, 0.717) is 17.2 Å². The molecule has 150 valence electrons. The third kappa shape index (κ3) is 3.79. The fourth-order valence-corrected chi connectivity index (χ4v) is 4.23. The van der Waals surface area contributed by atoms with Crippen LogP contribution in [0.2, 0.25) is 0 Å². The van der Waals surface area contributed by atoms with Gasteiger partial charge in [-0.15, -0.1) is 0 Å². The zero-order chi connectivity index (χ0) is 21.3. The van der Waals surface area contributed by atoms with Gasteiger partial charge in [0.25, 0.3) is 11.6 Å². The predicted molar refractivity (Wildman–Crippen MR) is 119 cm³/mol. The van der Waals surface area contributed by atoms with Crippen LogP contribution in [0.4, 0.5) is 10.8 Å². The summed E-state index contributed by atoms with van der Waals surface area (Å²) in [7, 11) is 0. The Balaban J connectivity index is 1.77. The van der Waals surface area contributed by atoms with E-state index in [1.165, 1.54) is 35.6 Å². The number of aryl methyl sites for hydroxylation is 2. The molecule has 6 nitrogen and oxygen atoms in total. The maximum Gasteiger partial charge on any atom is 0.269 e. The highest BCUT2D eigenvalue weighted by Gasteiger charge is 2.23. The lowest BCUT2D eigenvalue weighted by atomic mass is 10.1. The summed E-state index contributed by atoms with van der Waals surface area (Å²) < 4.78 is 1.02. The van der Waals surface area contributed by atoms with Crippen molar-refractivity contribution < 1.29 is 9.72 Å². The van der Waals surface area contributed by atoms with Crippen LogP contribution in [-0.4, -0.2) is 15.8 Å². The second-order valence-electron chi connectivity index (χ2n) is 7.03. The van der Waals surface area contributed by atoms with Crippen LogP contribution in [0.25, 0.3) is 10.2 Å². The van der Waals surface area contributed by atoms with Crippen molar-refractivity contribution in [3.63, 3.8) is 0 Å². The zero-order valence-corrected chi connectivity index (χ0v) is 17.3. The van der Waals surface area contributed by atoms with Crippen LogP contribution < -0.4 is 4.90 Å². The van der Waals surface area contributed by atoms with Crippen molar-refractivity contribution in [1.82, 2.24) is 4.98 Å². The number of anilines is 1. The van der Waals surface area contributed by atoms with E-state index in [1.807, 2.05) is 50.2 Å². The van der Waals surface area contributed by atoms with Crippen LogP contribution in [0, 0.1) is 24.0 Å². The van der Waals surface area contributed by atoms with Crippen molar-refractivity contribution in [2.24, 2.45) is 0 Å². The molecule has 7 heteroatoms. The lowest BCUT2D eigenvalue weighted by Gasteiger charge is -2.20. The van der Waals surface area contributed by atoms with Gasteiger partial charge in [-0.05, 0) is 48.7 Å². The maximum absolute atomic E-state index is 13.4. The second-order valence-corrected chi connectivity index (χ2v) is 8.04. The maximum atomic E-state index is 13.4. The van der Waals surface area contributed by atoms with Crippen molar-refractivity contribution in [2.45, 2.75) is 20.4 Å². The minimum absolute atomic E-state index is 0.0488. The molecule has 4 aromatic rings. The quantitative estimate of drug-likeness (QED) is 0.310. The summed E-state index contributed by atoms with van der Waals surface area (Å²) in [5, 5.41) is 11.5. The van der Waals surface area contributed by atoms with E-state index in [-0.39, 0.29) is 11.6 Å². The van der Waals surface area contributed by atoms with Crippen LogP contribution in [0.15, 0.2) is 66.7 Å². The number of fused-ring (bicyclic) bond motifs is 1. The largest absolute Gasteiger partial charge is 0.279 e. The Labute approximate surface area is 177 Å². The highest BCUT2D eigenvalue weighted by Crippen LogP contribution is 2.33. The standard InChI is InChI=1S/C23H19N3O3S/c1-15-8-13-20-21(16(15)2)24-23(30-20)25(14-17-6-4-3-5-7-17)22(27)18-9-11-19(12-10-18)26(28)29/h3-13H,14H2,1-2H3. The molecule has 0 unspecified atom stereocenters. The van der Waals surface area contributed by atoms with Crippen molar-refractivity contribution >= 4 is 38.3 Å². The van der Waals surface area contributed by atoms with E-state index in [1.54, 1.807) is 4.90 Å². The lowest BCUT2D eigenvalue weighted by molar-refractivity contribution is -0.384. The summed E-state index contributed by atoms with van der Waals surface area (Å²) in [6.45, 7) is 4.42. The molecule has 0 saturated heterocycles. The van der Waals surface area contributed by atoms with Crippen molar-refractivity contribution in [3.05, 3.63) is 99.1 Å². The van der Waals surface area contributed by atoms with E-state index in [4.69, 9.17) is 4.98 Å². The SMILES string of the molecule is Cc1ccc2sc(N(Cc3ccccc3)C(=O)c3ccc([N+](=O)[O-])cc3)nc2c1C. The molecule has 1 aromatic heterocycles. The average molecular weight is 417 g/mol. The van der Waals surface area contributed by atoms with Crippen LogP contribution >= 0.6 is 11.3 Å². The molecular weight excluding hydrogens is 398 g/mol. The lowest BCUT2D eigenvalue weighted by Crippen LogP contribution is -2.30. The van der Waals surface area contributed by atoms with Crippen molar-refractivity contribution in [3.8, 4) is 0 Å². The van der Waals surface area contributed by atoms with Gasteiger partial charge in [0, 0.05) is 17.7 Å². The first-order valence-electron chi connectivity index (χ1n) is 9.41. The molecule has 0 N–H and O–H groups in total. The number of hydrogen-bond acceptors (Lipinski definition) is 5. The number of hydrogen-bond donors (Lipinski definition) is 0. The minimum Gasteiger partial charge on any atom is -0.279 e. The molecule has 0 saturated carbocycles. The first-order valence-corrected chi connectivity index (χ1v) is 10.2. The second kappa shape index (κ2) is 8.04. The Hall–Kier alpha value is -3.58. The Bertz CT molecular complexity index is 1230. The van der Waals surface area contributed by atoms with E-state index in [0.717, 1.165) is 26.9 Å². The number of thiazole rings is 1. The third-order valence-electron chi connectivity index (χ3n) is 5.06. The molecule has 3 aromatic carbocycles. The van der Waals surface area contributed by atoms with Gasteiger partial charge in [0.1, 0.15) is 0 Å². The fraction of sp³-hybridized carbons (Fsp3) is 0.130. The number of carbonyl (C=O) groups is 1. The molecule has 0 aliphatic heterocycles. The number of nitrogens with zero attached hydrogens (tertiary/aromatic N) is 3. The smallest absolute Gasteiger partial charge is 0.269 e. The predicted octanol–water partition coefficient (Wildman–Crippen LogP) is 5.67. The number of amides is 1. The van der Waals surface area contributed by atoms with E-state index in [2.05, 4.69) is 6.07 Å². The van der Waals surface area contributed by atoms with Gasteiger partial charge in [0.15, 0.2) is 5.13 Å². The monoisotopic (exact) mass is 417 g/mol. The van der Waals surface area contributed by atoms with E-state index in [9.17, 15) is 14.9 Å². The molecule has 1 heterocycles. The van der Waals surface area contributed by atoms with Crippen LogP contribution in [0.5, 0.6) is 0 Å². The molecule has 0 fully saturated rings. The molecule has 1 amide bonds. The summed E-state index contributed by atoms with van der Waals surface area (Å²) >= 11 is 1.46.